The van der Waals surface area contributed by atoms with Crippen LogP contribution in [0.4, 0.5) is 0 Å². The number of rotatable bonds is 3. The Kier molecular flexibility index (Phi) is 3.01. The van der Waals surface area contributed by atoms with Gasteiger partial charge in [-0.15, -0.1) is 0 Å². The highest BCUT2D eigenvalue weighted by Crippen LogP contribution is 2.43. The lowest BCUT2D eigenvalue weighted by Crippen LogP contribution is -2.03. The van der Waals surface area contributed by atoms with Crippen LogP contribution in [-0.4, -0.2) is 19.8 Å². The molecule has 0 fully saturated rings. The lowest BCUT2D eigenvalue weighted by molar-refractivity contribution is 0.388. The molecule has 0 atom stereocenters. The van der Waals surface area contributed by atoms with Crippen LogP contribution in [0.3, 0.4) is 0 Å². The molecule has 0 unspecified atom stereocenters. The van der Waals surface area contributed by atoms with Gasteiger partial charge in [0.1, 0.15) is 0 Å². The van der Waals surface area contributed by atoms with E-state index in [1.165, 1.54) is 0 Å². The van der Waals surface area contributed by atoms with Crippen molar-refractivity contribution in [3.8, 4) is 11.5 Å². The van der Waals surface area contributed by atoms with Crippen molar-refractivity contribution >= 4 is 29.2 Å². The first-order valence-electron chi connectivity index (χ1n) is 5.97. The third kappa shape index (κ3) is 1.81. The van der Waals surface area contributed by atoms with Crippen LogP contribution in [0, 0.1) is 0 Å². The van der Waals surface area contributed by atoms with Crippen LogP contribution in [0.2, 0.25) is 0 Å². The summed E-state index contributed by atoms with van der Waals surface area (Å²) in [6.45, 7) is 0. The summed E-state index contributed by atoms with van der Waals surface area (Å²) in [6, 6.07) is 15.9. The Labute approximate surface area is 111 Å². The highest BCUT2D eigenvalue weighted by atomic mass is 16.5. The molecule has 0 aliphatic heterocycles. The highest BCUT2D eigenvalue weighted by Gasteiger charge is 2.15. The first-order chi connectivity index (χ1) is 9.36. The van der Waals surface area contributed by atoms with Gasteiger partial charge in [-0.3, -0.25) is 0 Å². The van der Waals surface area contributed by atoms with E-state index in [1.807, 2.05) is 48.5 Å². The molecule has 1 N–H and O–H groups in total. The van der Waals surface area contributed by atoms with E-state index in [9.17, 15) is 0 Å². The summed E-state index contributed by atoms with van der Waals surface area (Å²) in [5.74, 6) is 1.15. The Morgan fingerprint density at radius 1 is 0.789 bits per heavy atom. The van der Waals surface area contributed by atoms with Crippen molar-refractivity contribution in [2.24, 2.45) is 0 Å². The monoisotopic (exact) mass is 251 g/mol. The second-order valence-corrected chi connectivity index (χ2v) is 4.18. The van der Waals surface area contributed by atoms with Gasteiger partial charge < -0.3 is 14.4 Å². The smallest absolute Gasteiger partial charge is 0.534 e. The van der Waals surface area contributed by atoms with Gasteiger partial charge in [-0.25, -0.2) is 0 Å². The summed E-state index contributed by atoms with van der Waals surface area (Å²) in [7, 11) is 2.28. The van der Waals surface area contributed by atoms with Crippen LogP contribution in [0.15, 0.2) is 48.5 Å². The molecule has 0 saturated carbocycles. The zero-order chi connectivity index (χ0) is 13.2. The third-order valence-corrected chi connectivity index (χ3v) is 3.21. The van der Waals surface area contributed by atoms with Crippen molar-refractivity contribution in [1.29, 1.82) is 0 Å². The number of fused-ring (bicyclic) bond motifs is 3. The van der Waals surface area contributed by atoms with Gasteiger partial charge in [0.05, 0.1) is 7.11 Å². The average molecular weight is 251 g/mol. The van der Waals surface area contributed by atoms with Gasteiger partial charge >= 0.3 is 7.69 Å². The van der Waals surface area contributed by atoms with Crippen molar-refractivity contribution in [3.63, 3.8) is 0 Å². The SMILES string of the molecule is COc1c(O[B]O)c2ccccc2c2ccccc12. The Hall–Kier alpha value is -2.20. The molecule has 3 aromatic rings. The lowest BCUT2D eigenvalue weighted by Gasteiger charge is -2.15. The number of hydrogen-bond donors (Lipinski definition) is 1. The fourth-order valence-electron chi connectivity index (χ4n) is 2.45. The van der Waals surface area contributed by atoms with Crippen LogP contribution < -0.4 is 9.39 Å². The number of hydrogen-bond acceptors (Lipinski definition) is 3. The first kappa shape index (κ1) is 11.9. The van der Waals surface area contributed by atoms with Gasteiger partial charge in [0, 0.05) is 10.8 Å². The van der Waals surface area contributed by atoms with Crippen molar-refractivity contribution in [3.05, 3.63) is 48.5 Å². The minimum atomic E-state index is 0.527. The normalized spacial score (nSPS) is 10.6. The van der Waals surface area contributed by atoms with E-state index in [-0.39, 0.29) is 0 Å². The fourth-order valence-corrected chi connectivity index (χ4v) is 2.45. The van der Waals surface area contributed by atoms with E-state index in [0.717, 1.165) is 21.5 Å². The number of benzene rings is 3. The van der Waals surface area contributed by atoms with Crippen LogP contribution in [0.1, 0.15) is 0 Å². The molecular weight excluding hydrogens is 239 g/mol. The maximum absolute atomic E-state index is 8.97. The van der Waals surface area contributed by atoms with Crippen LogP contribution in [0.25, 0.3) is 21.5 Å². The maximum atomic E-state index is 8.97. The van der Waals surface area contributed by atoms with E-state index in [2.05, 4.69) is 0 Å². The molecule has 4 heteroatoms. The van der Waals surface area contributed by atoms with E-state index in [4.69, 9.17) is 14.4 Å². The second kappa shape index (κ2) is 4.82. The van der Waals surface area contributed by atoms with Gasteiger partial charge in [-0.1, -0.05) is 48.5 Å². The predicted molar refractivity (Wildman–Crippen MR) is 76.6 cm³/mol. The van der Waals surface area contributed by atoms with Crippen LogP contribution >= 0.6 is 0 Å². The van der Waals surface area contributed by atoms with E-state index in [0.29, 0.717) is 19.2 Å². The predicted octanol–water partition coefficient (Wildman–Crippen LogP) is 2.91. The molecule has 0 saturated heterocycles. The summed E-state index contributed by atoms with van der Waals surface area (Å²) < 4.78 is 10.7. The summed E-state index contributed by atoms with van der Waals surface area (Å²) in [4.78, 5) is 0. The van der Waals surface area contributed by atoms with Gasteiger partial charge in [-0.2, -0.15) is 0 Å². The third-order valence-electron chi connectivity index (χ3n) is 3.21. The van der Waals surface area contributed by atoms with Crippen molar-refractivity contribution < 1.29 is 14.4 Å². The Bertz CT molecular complexity index is 740. The minimum Gasteiger partial charge on any atom is -0.534 e. The number of methoxy groups -OCH3 is 1. The second-order valence-electron chi connectivity index (χ2n) is 4.18. The molecule has 0 spiro atoms. The lowest BCUT2D eigenvalue weighted by atomic mass is 9.99. The summed E-state index contributed by atoms with van der Waals surface area (Å²) in [5.41, 5.74) is 0. The molecule has 19 heavy (non-hydrogen) atoms. The summed E-state index contributed by atoms with van der Waals surface area (Å²) in [5, 5.41) is 13.0. The molecule has 3 rings (SSSR count). The molecule has 0 aromatic heterocycles. The molecule has 0 heterocycles. The Morgan fingerprint density at radius 2 is 1.26 bits per heavy atom. The van der Waals surface area contributed by atoms with E-state index < -0.39 is 0 Å². The van der Waals surface area contributed by atoms with Gasteiger partial charge in [0.2, 0.25) is 0 Å². The van der Waals surface area contributed by atoms with E-state index in [1.54, 1.807) is 7.11 Å². The molecule has 1 radical (unpaired) electrons. The summed E-state index contributed by atoms with van der Waals surface area (Å²) >= 11 is 0. The minimum absolute atomic E-state index is 0.527. The topological polar surface area (TPSA) is 38.7 Å². The molecular formula is C15H12BO3. The Morgan fingerprint density at radius 3 is 1.74 bits per heavy atom. The quantitative estimate of drug-likeness (QED) is 0.574. The van der Waals surface area contributed by atoms with Gasteiger partial charge in [0.25, 0.3) is 0 Å². The molecule has 0 aliphatic rings. The number of ether oxygens (including phenoxy) is 1. The van der Waals surface area contributed by atoms with Crippen LogP contribution in [-0.2, 0) is 0 Å². The molecule has 0 bridgehead atoms. The average Bonchev–Trinajstić information content (AvgIpc) is 2.48. The molecule has 3 aromatic carbocycles. The van der Waals surface area contributed by atoms with Gasteiger partial charge in [0.15, 0.2) is 11.5 Å². The molecule has 3 nitrogen and oxygen atoms in total. The zero-order valence-electron chi connectivity index (χ0n) is 10.5. The fraction of sp³-hybridized carbons (Fsp3) is 0.0667. The largest absolute Gasteiger partial charge is 0.569 e. The van der Waals surface area contributed by atoms with Crippen molar-refractivity contribution in [2.75, 3.05) is 7.11 Å². The molecule has 0 aliphatic carbocycles. The van der Waals surface area contributed by atoms with Crippen molar-refractivity contribution in [1.82, 2.24) is 0 Å². The molecule has 93 valence electrons. The standard InChI is InChI=1S/C15H12BO3/c1-18-14-12-8-4-2-6-10(12)11-7-3-5-9-13(11)15(14)19-16-17/h2-9,17H,1H3. The molecule has 0 amide bonds. The first-order valence-corrected chi connectivity index (χ1v) is 5.97. The van der Waals surface area contributed by atoms with E-state index >= 15 is 0 Å². The highest BCUT2D eigenvalue weighted by molar-refractivity contribution is 6.20. The summed E-state index contributed by atoms with van der Waals surface area (Å²) in [6.07, 6.45) is 0. The maximum Gasteiger partial charge on any atom is 0.569 e. The van der Waals surface area contributed by atoms with Crippen molar-refractivity contribution in [2.45, 2.75) is 0 Å². The zero-order valence-corrected chi connectivity index (χ0v) is 10.5. The van der Waals surface area contributed by atoms with Crippen LogP contribution in [0.5, 0.6) is 11.5 Å². The van der Waals surface area contributed by atoms with Gasteiger partial charge in [-0.05, 0) is 10.8 Å². The Balaban J connectivity index is 2.53.